The van der Waals surface area contributed by atoms with Gasteiger partial charge in [-0.2, -0.15) is 0 Å². The van der Waals surface area contributed by atoms with Gasteiger partial charge in [-0.1, -0.05) is 51.0 Å². The largest absolute Gasteiger partial charge is 0.246 e. The molecule has 2 nitrogen and oxygen atoms in total. The molecule has 2 heteroatoms. The Hall–Kier alpha value is -2.74. The van der Waals surface area contributed by atoms with Crippen LogP contribution >= 0.6 is 0 Å². The first-order chi connectivity index (χ1) is 12.8. The quantitative estimate of drug-likeness (QED) is 0.423. The minimum atomic E-state index is 0.931. The second-order valence-corrected chi connectivity index (χ2v) is 6.95. The third-order valence-electron chi connectivity index (χ3n) is 4.85. The van der Waals surface area contributed by atoms with Crippen LogP contribution in [-0.2, 0) is 12.8 Å². The monoisotopic (exact) mass is 340 g/mol. The molecule has 0 aliphatic rings. The maximum absolute atomic E-state index is 4.84. The normalized spacial score (nSPS) is 11.3. The summed E-state index contributed by atoms with van der Waals surface area (Å²) in [5.41, 5.74) is 6.67. The van der Waals surface area contributed by atoms with Crippen LogP contribution in [0.1, 0.15) is 37.8 Å². The van der Waals surface area contributed by atoms with Crippen molar-refractivity contribution in [2.24, 2.45) is 0 Å². The summed E-state index contributed by atoms with van der Waals surface area (Å²) in [5.74, 6) is 0. The van der Waals surface area contributed by atoms with Crippen LogP contribution in [-0.4, -0.2) is 9.97 Å². The molecule has 0 bridgehead atoms. The van der Waals surface area contributed by atoms with Crippen molar-refractivity contribution in [2.75, 3.05) is 0 Å². The molecular formula is C24H24N2. The molecule has 130 valence electrons. The summed E-state index contributed by atoms with van der Waals surface area (Å²) in [5, 5.41) is 2.40. The molecule has 26 heavy (non-hydrogen) atoms. The number of fused-ring (bicyclic) bond motifs is 2. The smallest absolute Gasteiger partial charge is 0.0894 e. The van der Waals surface area contributed by atoms with Gasteiger partial charge >= 0.3 is 0 Å². The molecule has 2 aromatic carbocycles. The maximum Gasteiger partial charge on any atom is 0.0894 e. The van der Waals surface area contributed by atoms with E-state index >= 15 is 0 Å². The highest BCUT2D eigenvalue weighted by Gasteiger charge is 2.06. The highest BCUT2D eigenvalue weighted by Crippen LogP contribution is 2.24. The minimum Gasteiger partial charge on any atom is -0.246 e. The Balaban J connectivity index is 1.71. The van der Waals surface area contributed by atoms with E-state index in [2.05, 4.69) is 74.5 Å². The van der Waals surface area contributed by atoms with Gasteiger partial charge in [0.15, 0.2) is 0 Å². The summed E-state index contributed by atoms with van der Waals surface area (Å²) < 4.78 is 0. The van der Waals surface area contributed by atoms with Crippen molar-refractivity contribution in [1.29, 1.82) is 0 Å². The number of aromatic nitrogens is 2. The number of pyridine rings is 2. The average Bonchev–Trinajstić information content (AvgIpc) is 2.68. The highest BCUT2D eigenvalue weighted by molar-refractivity contribution is 5.84. The van der Waals surface area contributed by atoms with Crippen LogP contribution < -0.4 is 0 Å². The van der Waals surface area contributed by atoms with Crippen LogP contribution in [0.15, 0.2) is 60.7 Å². The first kappa shape index (κ1) is 16.7. The molecule has 4 rings (SSSR count). The molecule has 0 saturated carbocycles. The maximum atomic E-state index is 4.84. The summed E-state index contributed by atoms with van der Waals surface area (Å²) in [6.07, 6.45) is 4.56. The Morgan fingerprint density at radius 1 is 0.577 bits per heavy atom. The minimum absolute atomic E-state index is 0.931. The summed E-state index contributed by atoms with van der Waals surface area (Å²) in [7, 11) is 0. The van der Waals surface area contributed by atoms with Crippen molar-refractivity contribution < 1.29 is 0 Å². The molecule has 0 spiro atoms. The number of benzene rings is 2. The van der Waals surface area contributed by atoms with Gasteiger partial charge in [-0.3, -0.25) is 0 Å². The zero-order valence-electron chi connectivity index (χ0n) is 15.5. The van der Waals surface area contributed by atoms with Gasteiger partial charge < -0.3 is 0 Å². The summed E-state index contributed by atoms with van der Waals surface area (Å²) in [6.45, 7) is 4.42. The molecule has 0 aliphatic heterocycles. The second-order valence-electron chi connectivity index (χ2n) is 6.95. The van der Waals surface area contributed by atoms with Crippen LogP contribution in [0.5, 0.6) is 0 Å². The van der Waals surface area contributed by atoms with Crippen LogP contribution in [0.25, 0.3) is 33.2 Å². The van der Waals surface area contributed by atoms with Crippen LogP contribution in [0.3, 0.4) is 0 Å². The van der Waals surface area contributed by atoms with Gasteiger partial charge in [-0.05, 0) is 60.4 Å². The van der Waals surface area contributed by atoms with Crippen molar-refractivity contribution in [3.63, 3.8) is 0 Å². The highest BCUT2D eigenvalue weighted by atomic mass is 14.8. The van der Waals surface area contributed by atoms with Crippen molar-refractivity contribution in [2.45, 2.75) is 39.5 Å². The van der Waals surface area contributed by atoms with E-state index in [1.54, 1.807) is 0 Å². The fourth-order valence-corrected chi connectivity index (χ4v) is 3.52. The van der Waals surface area contributed by atoms with Gasteiger partial charge in [0, 0.05) is 10.8 Å². The average molecular weight is 340 g/mol. The Labute approximate surface area is 154 Å². The Kier molecular flexibility index (Phi) is 4.66. The lowest BCUT2D eigenvalue weighted by atomic mass is 10.1. The van der Waals surface area contributed by atoms with Gasteiger partial charge in [0.05, 0.1) is 22.4 Å². The lowest BCUT2D eigenvalue weighted by Crippen LogP contribution is -1.91. The van der Waals surface area contributed by atoms with E-state index in [-0.39, 0.29) is 0 Å². The second kappa shape index (κ2) is 7.25. The van der Waals surface area contributed by atoms with E-state index in [1.165, 1.54) is 21.9 Å². The standard InChI is InChI=1S/C24H24N2/c1-3-5-17-7-11-21-19(15-17)9-13-23(25-21)24-14-10-20-16-18(6-4-2)8-12-22(20)26-24/h7-16H,3-6H2,1-2H3. The van der Waals surface area contributed by atoms with Crippen molar-refractivity contribution in [1.82, 2.24) is 9.97 Å². The van der Waals surface area contributed by atoms with Crippen LogP contribution in [0.2, 0.25) is 0 Å². The third kappa shape index (κ3) is 3.32. The molecule has 0 saturated heterocycles. The molecule has 0 N–H and O–H groups in total. The van der Waals surface area contributed by atoms with E-state index < -0.39 is 0 Å². The van der Waals surface area contributed by atoms with Gasteiger partial charge in [0.2, 0.25) is 0 Å². The number of nitrogens with zero attached hydrogens (tertiary/aromatic N) is 2. The van der Waals surface area contributed by atoms with E-state index in [9.17, 15) is 0 Å². The molecule has 0 fully saturated rings. The van der Waals surface area contributed by atoms with E-state index in [0.717, 1.165) is 48.1 Å². The van der Waals surface area contributed by atoms with E-state index in [0.29, 0.717) is 0 Å². The first-order valence-electron chi connectivity index (χ1n) is 9.56. The number of hydrogen-bond donors (Lipinski definition) is 0. The lowest BCUT2D eigenvalue weighted by molar-refractivity contribution is 0.923. The van der Waals surface area contributed by atoms with Gasteiger partial charge in [0.1, 0.15) is 0 Å². The first-order valence-corrected chi connectivity index (χ1v) is 9.56. The van der Waals surface area contributed by atoms with Crippen molar-refractivity contribution in [3.8, 4) is 11.4 Å². The Bertz CT molecular complexity index is 979. The third-order valence-corrected chi connectivity index (χ3v) is 4.85. The van der Waals surface area contributed by atoms with Gasteiger partial charge in [0.25, 0.3) is 0 Å². The van der Waals surface area contributed by atoms with Gasteiger partial charge in [-0.25, -0.2) is 9.97 Å². The molecule has 2 aromatic heterocycles. The molecule has 0 aliphatic carbocycles. The van der Waals surface area contributed by atoms with Crippen molar-refractivity contribution >= 4 is 21.8 Å². The predicted molar refractivity (Wildman–Crippen MR) is 110 cm³/mol. The number of rotatable bonds is 5. The van der Waals surface area contributed by atoms with Crippen LogP contribution in [0.4, 0.5) is 0 Å². The van der Waals surface area contributed by atoms with Crippen LogP contribution in [0, 0.1) is 0 Å². The van der Waals surface area contributed by atoms with Crippen molar-refractivity contribution in [3.05, 3.63) is 71.8 Å². The Morgan fingerprint density at radius 3 is 1.46 bits per heavy atom. The SMILES string of the molecule is CCCc1ccc2nc(-c3ccc4cc(CCC)ccc4n3)ccc2c1. The predicted octanol–water partition coefficient (Wildman–Crippen LogP) is 6.36. The fourth-order valence-electron chi connectivity index (χ4n) is 3.52. The van der Waals surface area contributed by atoms with Gasteiger partial charge in [-0.15, -0.1) is 0 Å². The number of hydrogen-bond acceptors (Lipinski definition) is 2. The molecule has 2 heterocycles. The summed E-state index contributed by atoms with van der Waals surface area (Å²) >= 11 is 0. The molecule has 0 radical (unpaired) electrons. The molecule has 0 amide bonds. The van der Waals surface area contributed by atoms with E-state index in [4.69, 9.17) is 9.97 Å². The topological polar surface area (TPSA) is 25.8 Å². The molecule has 0 unspecified atom stereocenters. The lowest BCUT2D eigenvalue weighted by Gasteiger charge is -2.07. The number of aryl methyl sites for hydroxylation is 2. The van der Waals surface area contributed by atoms with E-state index in [1.807, 2.05) is 0 Å². The molecule has 4 aromatic rings. The summed E-state index contributed by atoms with van der Waals surface area (Å²) in [4.78, 5) is 9.68. The molecular weight excluding hydrogens is 316 g/mol. The fraction of sp³-hybridized carbons (Fsp3) is 0.250. The molecule has 0 atom stereocenters. The Morgan fingerprint density at radius 2 is 1.04 bits per heavy atom. The summed E-state index contributed by atoms with van der Waals surface area (Å²) in [6, 6.07) is 21.6. The zero-order chi connectivity index (χ0) is 17.9. The zero-order valence-corrected chi connectivity index (χ0v) is 15.5.